The van der Waals surface area contributed by atoms with Crippen LogP contribution < -0.4 is 4.74 Å². The van der Waals surface area contributed by atoms with Crippen LogP contribution in [0.25, 0.3) is 0 Å². The van der Waals surface area contributed by atoms with Crippen molar-refractivity contribution in [3.63, 3.8) is 0 Å². The lowest BCUT2D eigenvalue weighted by Gasteiger charge is -2.28. The summed E-state index contributed by atoms with van der Waals surface area (Å²) in [6.45, 7) is 5.56. The second kappa shape index (κ2) is 9.56. The Morgan fingerprint density at radius 2 is 1.48 bits per heavy atom. The third-order valence-electron chi connectivity index (χ3n) is 5.19. The first-order valence-corrected chi connectivity index (χ1v) is 11.3. The zero-order valence-electron chi connectivity index (χ0n) is 17.4. The Labute approximate surface area is 178 Å². The van der Waals surface area contributed by atoms with Gasteiger partial charge in [0.05, 0.1) is 11.8 Å². The molecule has 0 amide bonds. The first-order chi connectivity index (χ1) is 14.2. The standard InChI is InChI=1S/C20H25F3O7S/c1-11-8-12(2)17(13(3)9-11)30-19(25)15-6-4-14(5-7-15)18(24)29-16(20(21,22)23)10-31(26,27)28/h8-9,14-16H,4-7,10H2,1-3H3,(H,26,27,28). The fraction of sp³-hybridized carbons (Fsp3) is 0.600. The van der Waals surface area contributed by atoms with Crippen LogP contribution in [0.3, 0.4) is 0 Å². The molecule has 1 fully saturated rings. The fourth-order valence-corrected chi connectivity index (χ4v) is 4.34. The maximum absolute atomic E-state index is 12.9. The highest BCUT2D eigenvalue weighted by Gasteiger charge is 2.46. The van der Waals surface area contributed by atoms with Crippen molar-refractivity contribution in [2.24, 2.45) is 11.8 Å². The maximum Gasteiger partial charge on any atom is 0.426 e. The highest BCUT2D eigenvalue weighted by atomic mass is 32.2. The van der Waals surface area contributed by atoms with E-state index < -0.39 is 51.9 Å². The van der Waals surface area contributed by atoms with E-state index in [2.05, 4.69) is 4.74 Å². The molecule has 31 heavy (non-hydrogen) atoms. The van der Waals surface area contributed by atoms with Gasteiger partial charge in [-0.05, 0) is 57.6 Å². The molecule has 1 aromatic carbocycles. The van der Waals surface area contributed by atoms with Crippen LogP contribution in [-0.2, 0) is 24.4 Å². The van der Waals surface area contributed by atoms with Gasteiger partial charge in [0.1, 0.15) is 11.5 Å². The highest BCUT2D eigenvalue weighted by Crippen LogP contribution is 2.34. The number of alkyl halides is 3. The van der Waals surface area contributed by atoms with Gasteiger partial charge in [-0.25, -0.2) is 0 Å². The number of esters is 2. The minimum Gasteiger partial charge on any atom is -0.451 e. The molecule has 0 radical (unpaired) electrons. The van der Waals surface area contributed by atoms with E-state index in [-0.39, 0.29) is 25.7 Å². The van der Waals surface area contributed by atoms with E-state index in [4.69, 9.17) is 9.29 Å². The van der Waals surface area contributed by atoms with Crippen molar-refractivity contribution >= 4 is 22.1 Å². The Morgan fingerprint density at radius 1 is 1.03 bits per heavy atom. The third-order valence-corrected chi connectivity index (χ3v) is 5.91. The summed E-state index contributed by atoms with van der Waals surface area (Å²) in [7, 11) is -5.00. The minimum absolute atomic E-state index is 0.0981. The zero-order valence-corrected chi connectivity index (χ0v) is 18.2. The van der Waals surface area contributed by atoms with Gasteiger partial charge in [0, 0.05) is 0 Å². The summed E-state index contributed by atoms with van der Waals surface area (Å²) in [5, 5.41) is 0. The fourth-order valence-electron chi connectivity index (χ4n) is 3.70. The van der Waals surface area contributed by atoms with Gasteiger partial charge < -0.3 is 9.47 Å². The molecular weight excluding hydrogens is 441 g/mol. The average molecular weight is 466 g/mol. The molecule has 174 valence electrons. The Bertz CT molecular complexity index is 910. The van der Waals surface area contributed by atoms with Crippen molar-refractivity contribution < 1.29 is 45.2 Å². The molecule has 0 spiro atoms. The Kier molecular flexibility index (Phi) is 7.75. The van der Waals surface area contributed by atoms with Gasteiger partial charge in [-0.3, -0.25) is 14.1 Å². The van der Waals surface area contributed by atoms with Crippen molar-refractivity contribution in [1.82, 2.24) is 0 Å². The molecule has 0 bridgehead atoms. The number of carbonyl (C=O) groups is 2. The van der Waals surface area contributed by atoms with E-state index in [0.29, 0.717) is 5.75 Å². The summed E-state index contributed by atoms with van der Waals surface area (Å²) in [5.74, 6) is -4.39. The second-order valence-corrected chi connectivity index (χ2v) is 9.41. The van der Waals surface area contributed by atoms with Gasteiger partial charge >= 0.3 is 18.1 Å². The Balaban J connectivity index is 1.95. The van der Waals surface area contributed by atoms with Gasteiger partial charge in [0.15, 0.2) is 0 Å². The predicted molar refractivity (Wildman–Crippen MR) is 104 cm³/mol. The summed E-state index contributed by atoms with van der Waals surface area (Å²) in [6, 6.07) is 3.76. The van der Waals surface area contributed by atoms with E-state index >= 15 is 0 Å². The number of carbonyl (C=O) groups excluding carboxylic acids is 2. The molecule has 1 aliphatic carbocycles. The van der Waals surface area contributed by atoms with Crippen LogP contribution in [0.4, 0.5) is 13.2 Å². The third kappa shape index (κ3) is 7.20. The summed E-state index contributed by atoms with van der Waals surface area (Å²) in [6.07, 6.45) is -7.46. The van der Waals surface area contributed by atoms with Crippen LogP contribution in [0, 0.1) is 32.6 Å². The van der Waals surface area contributed by atoms with E-state index in [1.807, 2.05) is 32.9 Å². The first kappa shape index (κ1) is 25.1. The second-order valence-electron chi connectivity index (χ2n) is 7.91. The normalized spacial score (nSPS) is 20.7. The lowest BCUT2D eigenvalue weighted by Crippen LogP contribution is -2.41. The summed E-state index contributed by atoms with van der Waals surface area (Å²) < 4.78 is 78.9. The predicted octanol–water partition coefficient (Wildman–Crippen LogP) is 3.69. The molecule has 1 aromatic rings. The number of benzene rings is 1. The van der Waals surface area contributed by atoms with E-state index in [0.717, 1.165) is 16.7 Å². The number of rotatable bonds is 6. The van der Waals surface area contributed by atoms with Crippen LogP contribution in [0.5, 0.6) is 5.75 Å². The molecule has 1 unspecified atom stereocenters. The molecule has 0 aliphatic heterocycles. The molecule has 0 heterocycles. The molecule has 7 nitrogen and oxygen atoms in total. The van der Waals surface area contributed by atoms with Gasteiger partial charge in [0.2, 0.25) is 6.10 Å². The maximum atomic E-state index is 12.9. The lowest BCUT2D eigenvalue weighted by molar-refractivity contribution is -0.218. The molecule has 1 N–H and O–H groups in total. The molecule has 2 rings (SSSR count). The SMILES string of the molecule is Cc1cc(C)c(OC(=O)C2CCC(C(=O)OC(CS(=O)(=O)O)C(F)(F)F)CC2)c(C)c1. The number of hydrogen-bond acceptors (Lipinski definition) is 6. The molecule has 1 aliphatic rings. The van der Waals surface area contributed by atoms with Crippen LogP contribution in [0.1, 0.15) is 42.4 Å². The van der Waals surface area contributed by atoms with Crippen LogP contribution in [0.15, 0.2) is 12.1 Å². The largest absolute Gasteiger partial charge is 0.451 e. The molecule has 11 heteroatoms. The van der Waals surface area contributed by atoms with Gasteiger partial charge in [-0.15, -0.1) is 0 Å². The number of hydrogen-bond donors (Lipinski definition) is 1. The summed E-state index contributed by atoms with van der Waals surface area (Å²) in [5.41, 5.74) is 2.64. The molecule has 1 saturated carbocycles. The summed E-state index contributed by atoms with van der Waals surface area (Å²) >= 11 is 0. The lowest BCUT2D eigenvalue weighted by atomic mass is 9.82. The van der Waals surface area contributed by atoms with Crippen LogP contribution in [-0.4, -0.2) is 42.9 Å². The van der Waals surface area contributed by atoms with E-state index in [1.165, 1.54) is 0 Å². The van der Waals surface area contributed by atoms with Crippen molar-refractivity contribution in [3.8, 4) is 5.75 Å². The Morgan fingerprint density at radius 3 is 1.90 bits per heavy atom. The Hall–Kier alpha value is -2.14. The number of aryl methyl sites for hydroxylation is 3. The molecule has 0 aromatic heterocycles. The topological polar surface area (TPSA) is 107 Å². The smallest absolute Gasteiger partial charge is 0.426 e. The van der Waals surface area contributed by atoms with Crippen LogP contribution in [0.2, 0.25) is 0 Å². The van der Waals surface area contributed by atoms with Gasteiger partial charge in [0.25, 0.3) is 10.1 Å². The highest BCUT2D eigenvalue weighted by molar-refractivity contribution is 7.85. The molecule has 1 atom stereocenters. The quantitative estimate of drug-likeness (QED) is 0.387. The number of ether oxygens (including phenoxy) is 2. The average Bonchev–Trinajstić information content (AvgIpc) is 2.62. The molecule has 0 saturated heterocycles. The number of halogens is 3. The van der Waals surface area contributed by atoms with Crippen molar-refractivity contribution in [3.05, 3.63) is 28.8 Å². The van der Waals surface area contributed by atoms with Crippen molar-refractivity contribution in [1.29, 1.82) is 0 Å². The monoisotopic (exact) mass is 466 g/mol. The molecular formula is C20H25F3O7S. The van der Waals surface area contributed by atoms with Crippen LogP contribution >= 0.6 is 0 Å². The van der Waals surface area contributed by atoms with E-state index in [1.54, 1.807) is 0 Å². The van der Waals surface area contributed by atoms with E-state index in [9.17, 15) is 31.2 Å². The van der Waals surface area contributed by atoms with Crippen molar-refractivity contribution in [2.45, 2.75) is 58.7 Å². The van der Waals surface area contributed by atoms with Gasteiger partial charge in [-0.2, -0.15) is 21.6 Å². The first-order valence-electron chi connectivity index (χ1n) is 9.69. The minimum atomic E-state index is -5.14. The summed E-state index contributed by atoms with van der Waals surface area (Å²) in [4.78, 5) is 24.6. The van der Waals surface area contributed by atoms with Crippen molar-refractivity contribution in [2.75, 3.05) is 5.75 Å². The zero-order chi connectivity index (χ0) is 23.6. The van der Waals surface area contributed by atoms with Gasteiger partial charge in [-0.1, -0.05) is 17.7 Å².